The number of hydrazone groups is 1. The van der Waals surface area contributed by atoms with Gasteiger partial charge in [-0.2, -0.15) is 5.10 Å². The van der Waals surface area contributed by atoms with Crippen molar-refractivity contribution in [3.63, 3.8) is 0 Å². The van der Waals surface area contributed by atoms with Crippen LogP contribution in [0.15, 0.2) is 82.7 Å². The second-order valence-corrected chi connectivity index (χ2v) is 9.90. The summed E-state index contributed by atoms with van der Waals surface area (Å²) in [5.41, 5.74) is 3.13. The van der Waals surface area contributed by atoms with Crippen LogP contribution in [0.1, 0.15) is 29.7 Å². The fourth-order valence-electron chi connectivity index (χ4n) is 4.71. The zero-order chi connectivity index (χ0) is 25.6. The van der Waals surface area contributed by atoms with E-state index in [2.05, 4.69) is 10.2 Å². The third-order valence-electron chi connectivity index (χ3n) is 6.30. The topological polar surface area (TPSA) is 70.5 Å². The summed E-state index contributed by atoms with van der Waals surface area (Å²) < 4.78 is 1.43. The number of aryl methyl sites for hydroxylation is 1. The third kappa shape index (κ3) is 4.26. The lowest BCUT2D eigenvalue weighted by molar-refractivity contribution is -0.120. The van der Waals surface area contributed by atoms with Crippen molar-refractivity contribution in [3.8, 4) is 5.69 Å². The number of nitrogens with zero attached hydrogens (tertiary/aromatic N) is 3. The number of aromatic amines is 1. The first kappa shape index (κ1) is 24.4. The fraction of sp³-hybridized carbons (Fsp3) is 0.148. The second kappa shape index (κ2) is 9.62. The predicted molar refractivity (Wildman–Crippen MR) is 145 cm³/mol. The molecule has 0 bridgehead atoms. The van der Waals surface area contributed by atoms with Crippen molar-refractivity contribution in [3.05, 3.63) is 115 Å². The van der Waals surface area contributed by atoms with Crippen LogP contribution in [0.25, 0.3) is 5.69 Å². The normalized spacial score (nSPS) is 16.4. The van der Waals surface area contributed by atoms with Gasteiger partial charge in [0.25, 0.3) is 11.5 Å². The Labute approximate surface area is 222 Å². The molecule has 2 heterocycles. The number of hydrogen-bond acceptors (Lipinski definition) is 3. The molecule has 5 rings (SSSR count). The summed E-state index contributed by atoms with van der Waals surface area (Å²) in [4.78, 5) is 27.7. The molecular formula is C27H21Cl3N4O2. The molecule has 1 amide bonds. The van der Waals surface area contributed by atoms with Gasteiger partial charge in [-0.15, -0.1) is 0 Å². The molecule has 182 valence electrons. The molecular weight excluding hydrogens is 519 g/mol. The van der Waals surface area contributed by atoms with E-state index in [1.165, 1.54) is 9.69 Å². The van der Waals surface area contributed by atoms with Crippen LogP contribution in [0.3, 0.4) is 0 Å². The Morgan fingerprint density at radius 2 is 1.50 bits per heavy atom. The first-order valence-corrected chi connectivity index (χ1v) is 12.4. The number of nitrogens with one attached hydrogen (secondary N) is 1. The van der Waals surface area contributed by atoms with Crippen molar-refractivity contribution in [1.82, 2.24) is 9.78 Å². The van der Waals surface area contributed by atoms with E-state index in [0.717, 1.165) is 0 Å². The van der Waals surface area contributed by atoms with E-state index >= 15 is 0 Å². The van der Waals surface area contributed by atoms with Gasteiger partial charge in [0.05, 0.1) is 17.3 Å². The lowest BCUT2D eigenvalue weighted by atomic mass is 9.78. The monoisotopic (exact) mass is 538 g/mol. The number of anilines is 1. The maximum Gasteiger partial charge on any atom is 0.275 e. The lowest BCUT2D eigenvalue weighted by Gasteiger charge is -2.24. The number of halogens is 3. The quantitative estimate of drug-likeness (QED) is 0.310. The molecule has 4 aromatic rings. The van der Waals surface area contributed by atoms with E-state index in [-0.39, 0.29) is 11.5 Å². The van der Waals surface area contributed by atoms with E-state index in [1.54, 1.807) is 61.5 Å². The SMILES string of the molecule is CC1=NN(c2cccc(Cl)c2)C(=O)[C@@H]1[C@@H](c1ccccc1Cl)c1c(C)[nH]n(-c2cccc(Cl)c2)c1=O. The number of carbonyl (C=O) groups is 1. The van der Waals surface area contributed by atoms with Crippen LogP contribution in [0, 0.1) is 12.8 Å². The highest BCUT2D eigenvalue weighted by atomic mass is 35.5. The Hall–Kier alpha value is -3.32. The van der Waals surface area contributed by atoms with Gasteiger partial charge in [0.2, 0.25) is 0 Å². The molecule has 0 fully saturated rings. The molecule has 0 saturated heterocycles. The molecule has 0 saturated carbocycles. The van der Waals surface area contributed by atoms with Crippen molar-refractivity contribution in [1.29, 1.82) is 0 Å². The molecule has 1 aliphatic rings. The number of H-pyrrole nitrogens is 1. The molecule has 1 N–H and O–H groups in total. The standard InChI is InChI=1S/C27H21Cl3N4O2/c1-15-23(26(35)33(31-15)19-9-5-7-17(28)13-19)25(21-11-3-4-12-22(21)30)24-16(2)32-34(27(24)36)20-10-6-8-18(29)14-20/h3-14,23,25,32H,1-2H3/t23-,25+/m0/s1. The van der Waals surface area contributed by atoms with E-state index in [0.29, 0.717) is 49.0 Å². The van der Waals surface area contributed by atoms with Gasteiger partial charge in [0, 0.05) is 38.0 Å². The maximum atomic E-state index is 13.9. The van der Waals surface area contributed by atoms with Crippen LogP contribution < -0.4 is 10.6 Å². The number of amides is 1. The van der Waals surface area contributed by atoms with Gasteiger partial charge in [0.1, 0.15) is 0 Å². The van der Waals surface area contributed by atoms with E-state index in [4.69, 9.17) is 34.8 Å². The molecule has 6 nitrogen and oxygen atoms in total. The number of hydrogen-bond donors (Lipinski definition) is 1. The van der Waals surface area contributed by atoms with Gasteiger partial charge >= 0.3 is 0 Å². The van der Waals surface area contributed by atoms with Crippen molar-refractivity contribution in [2.45, 2.75) is 19.8 Å². The van der Waals surface area contributed by atoms with Gasteiger partial charge < -0.3 is 0 Å². The highest BCUT2D eigenvalue weighted by Gasteiger charge is 2.44. The minimum atomic E-state index is -0.751. The van der Waals surface area contributed by atoms with Crippen LogP contribution in [-0.2, 0) is 4.79 Å². The summed E-state index contributed by atoms with van der Waals surface area (Å²) >= 11 is 19.0. The van der Waals surface area contributed by atoms with Gasteiger partial charge in [0.15, 0.2) is 0 Å². The largest absolute Gasteiger partial charge is 0.295 e. The van der Waals surface area contributed by atoms with E-state index < -0.39 is 11.8 Å². The average molecular weight is 540 g/mol. The summed E-state index contributed by atoms with van der Waals surface area (Å²) in [6, 6.07) is 21.2. The van der Waals surface area contributed by atoms with Crippen molar-refractivity contribution < 1.29 is 4.79 Å². The van der Waals surface area contributed by atoms with Crippen molar-refractivity contribution in [2.24, 2.45) is 11.0 Å². The molecule has 0 unspecified atom stereocenters. The molecule has 0 spiro atoms. The predicted octanol–water partition coefficient (Wildman–Crippen LogP) is 6.61. The summed E-state index contributed by atoms with van der Waals surface area (Å²) in [6.07, 6.45) is 0. The Morgan fingerprint density at radius 3 is 2.17 bits per heavy atom. The van der Waals surface area contributed by atoms with E-state index in [9.17, 15) is 9.59 Å². The summed E-state index contributed by atoms with van der Waals surface area (Å²) in [5, 5.41) is 10.5. The third-order valence-corrected chi connectivity index (χ3v) is 7.12. The van der Waals surface area contributed by atoms with Crippen LogP contribution in [0.2, 0.25) is 15.1 Å². The molecule has 2 atom stereocenters. The average Bonchev–Trinajstić information content (AvgIpc) is 3.31. The van der Waals surface area contributed by atoms with Gasteiger partial charge in [-0.1, -0.05) is 65.1 Å². The molecule has 0 aliphatic carbocycles. The molecule has 36 heavy (non-hydrogen) atoms. The number of rotatable bonds is 5. The van der Waals surface area contributed by atoms with Crippen LogP contribution >= 0.6 is 34.8 Å². The Bertz CT molecular complexity index is 1570. The highest BCUT2D eigenvalue weighted by Crippen LogP contribution is 2.41. The van der Waals surface area contributed by atoms with Crippen molar-refractivity contribution >= 4 is 52.1 Å². The molecule has 1 aromatic heterocycles. The second-order valence-electron chi connectivity index (χ2n) is 8.62. The first-order chi connectivity index (χ1) is 17.3. The van der Waals surface area contributed by atoms with Crippen molar-refractivity contribution in [2.75, 3.05) is 5.01 Å². The van der Waals surface area contributed by atoms with Crippen LogP contribution in [-0.4, -0.2) is 21.4 Å². The summed E-state index contributed by atoms with van der Waals surface area (Å²) in [5.74, 6) is -1.70. The van der Waals surface area contributed by atoms with Crippen LogP contribution in [0.5, 0.6) is 0 Å². The lowest BCUT2D eigenvalue weighted by Crippen LogP contribution is -2.34. The zero-order valence-corrected chi connectivity index (χ0v) is 21.6. The number of benzene rings is 3. The Balaban J connectivity index is 1.68. The summed E-state index contributed by atoms with van der Waals surface area (Å²) in [6.45, 7) is 3.59. The molecule has 0 radical (unpaired) electrons. The minimum absolute atomic E-state index is 0.269. The molecule has 1 aliphatic heterocycles. The molecule has 3 aromatic carbocycles. The maximum absolute atomic E-state index is 13.9. The highest BCUT2D eigenvalue weighted by molar-refractivity contribution is 6.32. The number of aromatic nitrogens is 2. The van der Waals surface area contributed by atoms with Crippen LogP contribution in [0.4, 0.5) is 5.69 Å². The fourth-order valence-corrected chi connectivity index (χ4v) is 5.33. The van der Waals surface area contributed by atoms with Gasteiger partial charge in [-0.3, -0.25) is 14.7 Å². The number of carbonyl (C=O) groups excluding carboxylic acids is 1. The smallest absolute Gasteiger partial charge is 0.275 e. The first-order valence-electron chi connectivity index (χ1n) is 11.2. The molecule has 9 heteroatoms. The minimum Gasteiger partial charge on any atom is -0.295 e. The Morgan fingerprint density at radius 1 is 0.861 bits per heavy atom. The van der Waals surface area contributed by atoms with Gasteiger partial charge in [-0.25, -0.2) is 9.69 Å². The van der Waals surface area contributed by atoms with E-state index in [1.807, 2.05) is 25.1 Å². The Kier molecular flexibility index (Phi) is 6.51. The van der Waals surface area contributed by atoms with Gasteiger partial charge in [-0.05, 0) is 61.9 Å². The summed E-state index contributed by atoms with van der Waals surface area (Å²) in [7, 11) is 0. The zero-order valence-electron chi connectivity index (χ0n) is 19.4.